The second kappa shape index (κ2) is 8.36. The van der Waals surface area contributed by atoms with Crippen LogP contribution in [0.2, 0.25) is 0 Å². The van der Waals surface area contributed by atoms with Gasteiger partial charge in [0.2, 0.25) is 0 Å². The first-order chi connectivity index (χ1) is 15.0. The van der Waals surface area contributed by atoms with Crippen LogP contribution in [0.15, 0.2) is 76.7 Å². The van der Waals surface area contributed by atoms with Gasteiger partial charge in [-0.3, -0.25) is 20.2 Å². The lowest BCUT2D eigenvalue weighted by Crippen LogP contribution is -2.00. The van der Waals surface area contributed by atoms with Gasteiger partial charge < -0.3 is 4.74 Å². The first-order valence-corrected chi connectivity index (χ1v) is 9.80. The summed E-state index contributed by atoms with van der Waals surface area (Å²) in [6.45, 7) is 0. The van der Waals surface area contributed by atoms with Crippen molar-refractivity contribution in [2.75, 3.05) is 7.11 Å². The van der Waals surface area contributed by atoms with E-state index in [-0.39, 0.29) is 11.0 Å². The molecule has 0 spiro atoms. The molecule has 1 heterocycles. The molecule has 0 bridgehead atoms. The van der Waals surface area contributed by atoms with E-state index in [1.807, 2.05) is 42.5 Å². The molecular formula is C21H14N4O5S. The predicted molar refractivity (Wildman–Crippen MR) is 115 cm³/mol. The minimum absolute atomic E-state index is 0.00599. The van der Waals surface area contributed by atoms with Gasteiger partial charge in [-0.15, -0.1) is 0 Å². The van der Waals surface area contributed by atoms with Crippen LogP contribution < -0.4 is 4.74 Å². The SMILES string of the molecule is COc1ccc(Sc2nc3cc([N+](=O)[O-])cc([N+](=O)[O-])c3nc2-c2ccccc2)cc1. The molecule has 0 aliphatic carbocycles. The average Bonchev–Trinajstić information content (AvgIpc) is 2.78. The quantitative estimate of drug-likeness (QED) is 0.297. The number of nitrogens with zero attached hydrogens (tertiary/aromatic N) is 4. The molecule has 0 amide bonds. The van der Waals surface area contributed by atoms with Crippen LogP contribution in [0, 0.1) is 20.2 Å². The second-order valence-corrected chi connectivity index (χ2v) is 7.43. The minimum Gasteiger partial charge on any atom is -0.497 e. The summed E-state index contributed by atoms with van der Waals surface area (Å²) in [7, 11) is 1.57. The third-order valence-electron chi connectivity index (χ3n) is 4.43. The third-order valence-corrected chi connectivity index (χ3v) is 5.42. The molecule has 10 heteroatoms. The van der Waals surface area contributed by atoms with Crippen LogP contribution in [0.1, 0.15) is 0 Å². The molecule has 0 atom stereocenters. The van der Waals surface area contributed by atoms with Gasteiger partial charge in [0.1, 0.15) is 22.0 Å². The van der Waals surface area contributed by atoms with Gasteiger partial charge in [-0.2, -0.15) is 0 Å². The molecule has 4 aromatic rings. The second-order valence-electron chi connectivity index (χ2n) is 6.37. The third kappa shape index (κ3) is 4.14. The highest BCUT2D eigenvalue weighted by molar-refractivity contribution is 7.99. The number of ether oxygens (including phenoxy) is 1. The maximum Gasteiger partial charge on any atom is 0.303 e. The molecule has 0 saturated heterocycles. The van der Waals surface area contributed by atoms with Crippen LogP contribution in [0.4, 0.5) is 11.4 Å². The molecule has 0 unspecified atom stereocenters. The number of nitro groups is 2. The number of hydrogen-bond donors (Lipinski definition) is 0. The first kappa shape index (κ1) is 20.2. The van der Waals surface area contributed by atoms with E-state index in [9.17, 15) is 20.2 Å². The lowest BCUT2D eigenvalue weighted by Gasteiger charge is -2.10. The van der Waals surface area contributed by atoms with Gasteiger partial charge in [-0.05, 0) is 24.3 Å². The Labute approximate surface area is 180 Å². The van der Waals surface area contributed by atoms with Crippen molar-refractivity contribution in [1.29, 1.82) is 0 Å². The largest absolute Gasteiger partial charge is 0.497 e. The van der Waals surface area contributed by atoms with Gasteiger partial charge in [0.05, 0.1) is 23.0 Å². The Balaban J connectivity index is 1.95. The number of aromatic nitrogens is 2. The van der Waals surface area contributed by atoms with E-state index in [0.717, 1.165) is 16.5 Å². The molecule has 0 aliphatic rings. The van der Waals surface area contributed by atoms with Crippen LogP contribution >= 0.6 is 11.8 Å². The molecule has 4 rings (SSSR count). The molecule has 154 valence electrons. The fourth-order valence-corrected chi connectivity index (χ4v) is 3.87. The highest BCUT2D eigenvalue weighted by Crippen LogP contribution is 2.38. The number of fused-ring (bicyclic) bond motifs is 1. The van der Waals surface area contributed by atoms with Crippen molar-refractivity contribution in [3.63, 3.8) is 0 Å². The van der Waals surface area contributed by atoms with E-state index in [1.54, 1.807) is 19.2 Å². The van der Waals surface area contributed by atoms with E-state index in [2.05, 4.69) is 9.97 Å². The number of benzene rings is 3. The summed E-state index contributed by atoms with van der Waals surface area (Å²) in [6, 6.07) is 18.5. The molecule has 31 heavy (non-hydrogen) atoms. The predicted octanol–water partition coefficient (Wildman–Crippen LogP) is 5.27. The van der Waals surface area contributed by atoms with Crippen LogP contribution in [0.3, 0.4) is 0 Å². The van der Waals surface area contributed by atoms with Crippen molar-refractivity contribution < 1.29 is 14.6 Å². The van der Waals surface area contributed by atoms with Gasteiger partial charge in [0.15, 0.2) is 5.52 Å². The summed E-state index contributed by atoms with van der Waals surface area (Å²) >= 11 is 1.30. The highest BCUT2D eigenvalue weighted by Gasteiger charge is 2.24. The van der Waals surface area contributed by atoms with E-state index in [1.165, 1.54) is 17.8 Å². The standard InChI is InChI=1S/C21H14N4O5S/c1-30-15-7-9-16(10-8-15)31-21-19(13-5-3-2-4-6-13)23-20-17(22-21)11-14(24(26)27)12-18(20)25(28)29/h2-12H,1H3. The van der Waals surface area contributed by atoms with Crippen LogP contribution in [-0.2, 0) is 0 Å². The summed E-state index contributed by atoms with van der Waals surface area (Å²) in [5, 5.41) is 23.3. The van der Waals surface area contributed by atoms with Crippen molar-refractivity contribution in [3.8, 4) is 17.0 Å². The van der Waals surface area contributed by atoms with Gasteiger partial charge in [0, 0.05) is 16.5 Å². The smallest absolute Gasteiger partial charge is 0.303 e. The van der Waals surface area contributed by atoms with E-state index < -0.39 is 21.2 Å². The Morgan fingerprint density at radius 1 is 0.903 bits per heavy atom. The molecule has 3 aromatic carbocycles. The van der Waals surface area contributed by atoms with Gasteiger partial charge in [-0.1, -0.05) is 42.1 Å². The van der Waals surface area contributed by atoms with Crippen molar-refractivity contribution in [2.45, 2.75) is 9.92 Å². The Morgan fingerprint density at radius 2 is 1.61 bits per heavy atom. The van der Waals surface area contributed by atoms with Crippen LogP contribution in [0.5, 0.6) is 5.75 Å². The Morgan fingerprint density at radius 3 is 2.23 bits per heavy atom. The van der Waals surface area contributed by atoms with Crippen molar-refractivity contribution >= 4 is 34.2 Å². The van der Waals surface area contributed by atoms with Gasteiger partial charge >= 0.3 is 5.69 Å². The Hall–Kier alpha value is -4.05. The molecule has 0 aliphatic heterocycles. The lowest BCUT2D eigenvalue weighted by atomic mass is 10.1. The number of rotatable bonds is 6. The molecule has 9 nitrogen and oxygen atoms in total. The minimum atomic E-state index is -0.685. The molecular weight excluding hydrogens is 420 g/mol. The summed E-state index contributed by atoms with van der Waals surface area (Å²) in [5.41, 5.74) is 0.368. The normalized spacial score (nSPS) is 10.7. The van der Waals surface area contributed by atoms with Crippen molar-refractivity contribution in [3.05, 3.63) is 87.0 Å². The van der Waals surface area contributed by atoms with Crippen molar-refractivity contribution in [1.82, 2.24) is 9.97 Å². The maximum absolute atomic E-state index is 11.6. The Bertz CT molecular complexity index is 1300. The van der Waals surface area contributed by atoms with Crippen molar-refractivity contribution in [2.24, 2.45) is 0 Å². The van der Waals surface area contributed by atoms with E-state index in [4.69, 9.17) is 4.74 Å². The maximum atomic E-state index is 11.6. The summed E-state index contributed by atoms with van der Waals surface area (Å²) in [6.07, 6.45) is 0. The molecule has 0 radical (unpaired) electrons. The van der Waals surface area contributed by atoms with Crippen LogP contribution in [-0.4, -0.2) is 26.9 Å². The van der Waals surface area contributed by atoms with Crippen LogP contribution in [0.25, 0.3) is 22.3 Å². The topological polar surface area (TPSA) is 121 Å². The molecule has 1 aromatic heterocycles. The number of methoxy groups -OCH3 is 1. The number of hydrogen-bond acceptors (Lipinski definition) is 8. The number of non-ortho nitro benzene ring substituents is 2. The fourth-order valence-electron chi connectivity index (χ4n) is 2.97. The summed E-state index contributed by atoms with van der Waals surface area (Å²) < 4.78 is 5.18. The Kier molecular flexibility index (Phi) is 5.46. The summed E-state index contributed by atoms with van der Waals surface area (Å²) in [4.78, 5) is 31.4. The zero-order valence-corrected chi connectivity index (χ0v) is 16.9. The van der Waals surface area contributed by atoms with E-state index in [0.29, 0.717) is 16.5 Å². The molecule has 0 saturated carbocycles. The van der Waals surface area contributed by atoms with Gasteiger partial charge in [0.25, 0.3) is 5.69 Å². The average molecular weight is 434 g/mol. The zero-order chi connectivity index (χ0) is 22.0. The van der Waals surface area contributed by atoms with E-state index >= 15 is 0 Å². The zero-order valence-electron chi connectivity index (χ0n) is 16.1. The first-order valence-electron chi connectivity index (χ1n) is 8.98. The highest BCUT2D eigenvalue weighted by atomic mass is 32.2. The monoisotopic (exact) mass is 434 g/mol. The molecule has 0 N–H and O–H groups in total. The fraction of sp³-hybridized carbons (Fsp3) is 0.0476. The molecule has 0 fully saturated rings. The summed E-state index contributed by atoms with van der Waals surface area (Å²) in [5.74, 6) is 0.698. The van der Waals surface area contributed by atoms with Gasteiger partial charge in [-0.25, -0.2) is 9.97 Å². The number of nitro benzene ring substituents is 2. The lowest BCUT2D eigenvalue weighted by molar-refractivity contribution is -0.393.